The molecule has 2 unspecified atom stereocenters. The number of aromatic nitrogens is 2. The predicted octanol–water partition coefficient (Wildman–Crippen LogP) is 4.06. The van der Waals surface area contributed by atoms with E-state index < -0.39 is 0 Å². The number of hydrogen-bond acceptors (Lipinski definition) is 4. The van der Waals surface area contributed by atoms with Crippen molar-refractivity contribution in [1.82, 2.24) is 10.2 Å². The fourth-order valence-electron chi connectivity index (χ4n) is 2.00. The topological polar surface area (TPSA) is 35.0 Å². The molecule has 2 atom stereocenters. The van der Waals surface area contributed by atoms with Crippen molar-refractivity contribution in [1.29, 1.82) is 0 Å². The highest BCUT2D eigenvalue weighted by atomic mass is 79.9. The van der Waals surface area contributed by atoms with Gasteiger partial charge in [0.15, 0.2) is 11.1 Å². The summed E-state index contributed by atoms with van der Waals surface area (Å²) in [6, 6.07) is 8.16. The summed E-state index contributed by atoms with van der Waals surface area (Å²) in [4.78, 5) is 0.299. The maximum absolute atomic E-state index is 5.91. The average Bonchev–Trinajstić information content (AvgIpc) is 3.03. The van der Waals surface area contributed by atoms with Crippen LogP contribution in [0.15, 0.2) is 24.3 Å². The Morgan fingerprint density at radius 1 is 1.44 bits per heavy atom. The number of hydrogen-bond donors (Lipinski definition) is 0. The van der Waals surface area contributed by atoms with E-state index in [4.69, 9.17) is 4.74 Å². The summed E-state index contributed by atoms with van der Waals surface area (Å²) >= 11 is 5.24. The van der Waals surface area contributed by atoms with Crippen LogP contribution in [-0.2, 0) is 6.42 Å². The minimum absolute atomic E-state index is 0.0326. The van der Waals surface area contributed by atoms with E-state index in [-0.39, 0.29) is 6.10 Å². The van der Waals surface area contributed by atoms with E-state index in [0.717, 1.165) is 28.6 Å². The van der Waals surface area contributed by atoms with Crippen molar-refractivity contribution < 1.29 is 4.74 Å². The van der Waals surface area contributed by atoms with Crippen molar-refractivity contribution in [2.75, 3.05) is 0 Å². The molecule has 94 valence electrons. The third-order valence-corrected chi connectivity index (χ3v) is 5.52. The Hall–Kier alpha value is -0.940. The summed E-state index contributed by atoms with van der Waals surface area (Å²) in [7, 11) is 0. The van der Waals surface area contributed by atoms with Crippen LogP contribution < -0.4 is 4.74 Å². The largest absolute Gasteiger partial charge is 0.483 e. The first-order valence-corrected chi connectivity index (χ1v) is 7.73. The van der Waals surface area contributed by atoms with Gasteiger partial charge in [-0.1, -0.05) is 52.4 Å². The fourth-order valence-corrected chi connectivity index (χ4v) is 3.30. The molecule has 0 amide bonds. The smallest absolute Gasteiger partial charge is 0.158 e. The predicted molar refractivity (Wildman–Crippen MR) is 75.4 cm³/mol. The van der Waals surface area contributed by atoms with Crippen molar-refractivity contribution in [2.45, 2.75) is 30.7 Å². The van der Waals surface area contributed by atoms with Gasteiger partial charge in [-0.25, -0.2) is 0 Å². The minimum atomic E-state index is 0.0326. The number of benzene rings is 1. The normalized spacial score (nSPS) is 19.3. The Labute approximate surface area is 118 Å². The quantitative estimate of drug-likeness (QED) is 0.798. The van der Waals surface area contributed by atoms with Gasteiger partial charge in [0.2, 0.25) is 0 Å². The van der Waals surface area contributed by atoms with E-state index >= 15 is 0 Å². The highest BCUT2D eigenvalue weighted by Crippen LogP contribution is 2.38. The molecule has 5 heteroatoms. The summed E-state index contributed by atoms with van der Waals surface area (Å²) in [6.45, 7) is 2.13. The molecule has 1 aliphatic heterocycles. The van der Waals surface area contributed by atoms with Gasteiger partial charge < -0.3 is 4.74 Å². The summed E-state index contributed by atoms with van der Waals surface area (Å²) in [6.07, 6.45) is 1.94. The Kier molecular flexibility index (Phi) is 3.35. The average molecular weight is 325 g/mol. The number of nitrogens with zero attached hydrogens (tertiary/aromatic N) is 2. The van der Waals surface area contributed by atoms with Gasteiger partial charge in [-0.05, 0) is 18.1 Å². The maximum atomic E-state index is 5.91. The minimum Gasteiger partial charge on any atom is -0.483 e. The zero-order valence-corrected chi connectivity index (χ0v) is 12.4. The summed E-state index contributed by atoms with van der Waals surface area (Å²) in [5.74, 6) is 0.977. The van der Waals surface area contributed by atoms with Crippen molar-refractivity contribution in [3.8, 4) is 5.75 Å². The number of rotatable bonds is 3. The first kappa shape index (κ1) is 12.1. The first-order valence-electron chi connectivity index (χ1n) is 6.00. The van der Waals surface area contributed by atoms with Crippen LogP contribution in [0.1, 0.15) is 39.9 Å². The third-order valence-electron chi connectivity index (χ3n) is 3.01. The number of fused-ring (bicyclic) bond motifs is 1. The number of halogens is 1. The van der Waals surface area contributed by atoms with Crippen LogP contribution in [0.4, 0.5) is 0 Å². The van der Waals surface area contributed by atoms with E-state index in [2.05, 4.69) is 39.1 Å². The second kappa shape index (κ2) is 4.97. The zero-order valence-electron chi connectivity index (χ0n) is 9.97. The van der Waals surface area contributed by atoms with Gasteiger partial charge in [-0.2, -0.15) is 0 Å². The van der Waals surface area contributed by atoms with Crippen LogP contribution in [0.25, 0.3) is 0 Å². The van der Waals surface area contributed by atoms with Crippen molar-refractivity contribution in [2.24, 2.45) is 0 Å². The Balaban J connectivity index is 1.80. The van der Waals surface area contributed by atoms with E-state index in [1.807, 2.05) is 18.2 Å². The van der Waals surface area contributed by atoms with Gasteiger partial charge in [0.05, 0.1) is 4.83 Å². The molecule has 0 aliphatic carbocycles. The Bertz CT molecular complexity index is 532. The summed E-state index contributed by atoms with van der Waals surface area (Å²) < 4.78 is 5.91. The van der Waals surface area contributed by atoms with Crippen LogP contribution in [0.3, 0.4) is 0 Å². The highest BCUT2D eigenvalue weighted by molar-refractivity contribution is 9.09. The molecule has 0 radical (unpaired) electrons. The van der Waals surface area contributed by atoms with Gasteiger partial charge >= 0.3 is 0 Å². The molecule has 0 spiro atoms. The monoisotopic (exact) mass is 324 g/mol. The second-order valence-corrected chi connectivity index (χ2v) is 6.42. The van der Waals surface area contributed by atoms with Gasteiger partial charge in [-0.3, -0.25) is 0 Å². The molecule has 1 aromatic carbocycles. The van der Waals surface area contributed by atoms with Gasteiger partial charge in [0, 0.05) is 6.42 Å². The van der Waals surface area contributed by atoms with Crippen molar-refractivity contribution >= 4 is 27.3 Å². The highest BCUT2D eigenvalue weighted by Gasteiger charge is 2.27. The molecule has 0 saturated heterocycles. The van der Waals surface area contributed by atoms with Gasteiger partial charge in [0.1, 0.15) is 10.8 Å². The lowest BCUT2D eigenvalue weighted by atomic mass is 10.1. The Morgan fingerprint density at radius 3 is 3.06 bits per heavy atom. The second-order valence-electron chi connectivity index (χ2n) is 4.27. The van der Waals surface area contributed by atoms with Crippen LogP contribution >= 0.6 is 27.3 Å². The molecule has 2 heterocycles. The lowest BCUT2D eigenvalue weighted by Gasteiger charge is -2.05. The molecule has 3 rings (SSSR count). The molecule has 0 saturated carbocycles. The SMILES string of the molecule is CCC(Br)c1nnc(C2Cc3ccccc3O2)s1. The van der Waals surface area contributed by atoms with Crippen LogP contribution in [0.2, 0.25) is 0 Å². The van der Waals surface area contributed by atoms with E-state index in [1.165, 1.54) is 5.56 Å². The number of alkyl halides is 1. The summed E-state index contributed by atoms with van der Waals surface area (Å²) in [5, 5.41) is 10.5. The van der Waals surface area contributed by atoms with Gasteiger partial charge in [-0.15, -0.1) is 10.2 Å². The zero-order chi connectivity index (χ0) is 12.5. The number of ether oxygens (including phenoxy) is 1. The molecule has 1 aliphatic rings. The molecule has 18 heavy (non-hydrogen) atoms. The molecule has 0 bridgehead atoms. The van der Waals surface area contributed by atoms with E-state index in [1.54, 1.807) is 11.3 Å². The molecule has 2 aromatic rings. The molecule has 3 nitrogen and oxygen atoms in total. The van der Waals surface area contributed by atoms with E-state index in [0.29, 0.717) is 4.83 Å². The fraction of sp³-hybridized carbons (Fsp3) is 0.385. The maximum Gasteiger partial charge on any atom is 0.158 e. The summed E-state index contributed by atoms with van der Waals surface area (Å²) in [5.41, 5.74) is 1.25. The first-order chi connectivity index (χ1) is 8.78. The Morgan fingerprint density at radius 2 is 2.28 bits per heavy atom. The number of para-hydroxylation sites is 1. The van der Waals surface area contributed by atoms with Crippen LogP contribution in [-0.4, -0.2) is 10.2 Å². The molecule has 0 N–H and O–H groups in total. The van der Waals surface area contributed by atoms with E-state index in [9.17, 15) is 0 Å². The lowest BCUT2D eigenvalue weighted by Crippen LogP contribution is -2.02. The lowest BCUT2D eigenvalue weighted by molar-refractivity contribution is 0.237. The van der Waals surface area contributed by atoms with Crippen LogP contribution in [0.5, 0.6) is 5.75 Å². The standard InChI is InChI=1S/C13H13BrN2OS/c1-2-9(14)12-15-16-13(18-12)11-7-8-5-3-4-6-10(8)17-11/h3-6,9,11H,2,7H2,1H3. The van der Waals surface area contributed by atoms with Crippen LogP contribution in [0, 0.1) is 0 Å². The van der Waals surface area contributed by atoms with Gasteiger partial charge in [0.25, 0.3) is 0 Å². The molecule has 1 aromatic heterocycles. The van der Waals surface area contributed by atoms with Crippen molar-refractivity contribution in [3.05, 3.63) is 39.8 Å². The molecule has 0 fully saturated rings. The molecular formula is C13H13BrN2OS. The third kappa shape index (κ3) is 2.17. The molecular weight excluding hydrogens is 312 g/mol. The van der Waals surface area contributed by atoms with Crippen molar-refractivity contribution in [3.63, 3.8) is 0 Å².